The van der Waals surface area contributed by atoms with Gasteiger partial charge in [-0.15, -0.1) is 0 Å². The lowest BCUT2D eigenvalue weighted by Crippen LogP contribution is -2.23. The van der Waals surface area contributed by atoms with Gasteiger partial charge in [0.2, 0.25) is 0 Å². The molecule has 0 amide bonds. The maximum atomic E-state index is 14.4. The molecule has 1 aliphatic rings. The number of fused-ring (bicyclic) bond motifs is 1. The van der Waals surface area contributed by atoms with Crippen LogP contribution in [0.1, 0.15) is 31.4 Å². The van der Waals surface area contributed by atoms with Crippen LogP contribution in [-0.4, -0.2) is 32.7 Å². The fraction of sp³-hybridized carbons (Fsp3) is 0.286. The number of thiazole rings is 1. The lowest BCUT2D eigenvalue weighted by Gasteiger charge is -2.27. The summed E-state index contributed by atoms with van der Waals surface area (Å²) in [6, 6.07) is 5.33. The summed E-state index contributed by atoms with van der Waals surface area (Å²) in [4.78, 5) is 15.6. The Morgan fingerprint density at radius 2 is 2.13 bits per heavy atom. The van der Waals surface area contributed by atoms with Crippen LogP contribution in [0.5, 0.6) is 5.19 Å². The fourth-order valence-electron chi connectivity index (χ4n) is 3.93. The second kappa shape index (κ2) is 7.64. The Morgan fingerprint density at radius 3 is 3.00 bits per heavy atom. The molecule has 1 aliphatic heterocycles. The van der Waals surface area contributed by atoms with E-state index in [1.54, 1.807) is 12.5 Å². The molecule has 5 rings (SSSR count). The summed E-state index contributed by atoms with van der Waals surface area (Å²) >= 11 is 1.42. The van der Waals surface area contributed by atoms with Crippen LogP contribution in [0.4, 0.5) is 14.5 Å². The lowest BCUT2D eigenvalue weighted by molar-refractivity contribution is 0.338. The van der Waals surface area contributed by atoms with Gasteiger partial charge in [0.1, 0.15) is 23.5 Å². The van der Waals surface area contributed by atoms with Crippen LogP contribution in [0, 0.1) is 11.6 Å². The molecule has 1 unspecified atom stereocenters. The number of benzene rings is 1. The van der Waals surface area contributed by atoms with Gasteiger partial charge in [-0.2, -0.15) is 4.98 Å². The fourth-order valence-corrected chi connectivity index (χ4v) is 4.64. The number of anilines is 1. The van der Waals surface area contributed by atoms with Crippen molar-refractivity contribution in [1.29, 1.82) is 0 Å². The van der Waals surface area contributed by atoms with Crippen molar-refractivity contribution in [2.45, 2.75) is 25.8 Å². The van der Waals surface area contributed by atoms with E-state index in [9.17, 15) is 8.78 Å². The number of nitrogens with zero attached hydrogens (tertiary/aromatic N) is 5. The van der Waals surface area contributed by atoms with Crippen LogP contribution >= 0.6 is 11.3 Å². The molecule has 0 bridgehead atoms. The Labute approximate surface area is 175 Å². The second-order valence-electron chi connectivity index (χ2n) is 7.07. The Hall–Kier alpha value is -3.07. The van der Waals surface area contributed by atoms with E-state index in [-0.39, 0.29) is 11.9 Å². The third-order valence-electron chi connectivity index (χ3n) is 5.26. The molecule has 0 saturated carbocycles. The summed E-state index contributed by atoms with van der Waals surface area (Å²) < 4.78 is 35.4. The van der Waals surface area contributed by atoms with Crippen LogP contribution in [0.25, 0.3) is 17.0 Å². The molecule has 6 nitrogen and oxygen atoms in total. The average molecular weight is 427 g/mol. The summed E-state index contributed by atoms with van der Waals surface area (Å²) in [6.07, 6.45) is 5.09. The van der Waals surface area contributed by atoms with Gasteiger partial charge in [0.25, 0.3) is 5.19 Å². The average Bonchev–Trinajstić information content (AvgIpc) is 3.48. The molecule has 30 heavy (non-hydrogen) atoms. The van der Waals surface area contributed by atoms with Gasteiger partial charge in [0.05, 0.1) is 24.5 Å². The first kappa shape index (κ1) is 18.9. The minimum atomic E-state index is -0.430. The van der Waals surface area contributed by atoms with Crippen molar-refractivity contribution in [2.75, 3.05) is 18.1 Å². The molecule has 4 aromatic rings. The van der Waals surface area contributed by atoms with Gasteiger partial charge in [-0.3, -0.25) is 4.57 Å². The smallest absolute Gasteiger partial charge is 0.275 e. The largest absolute Gasteiger partial charge is 0.470 e. The molecule has 4 heterocycles. The Morgan fingerprint density at radius 1 is 1.23 bits per heavy atom. The summed E-state index contributed by atoms with van der Waals surface area (Å²) in [5, 5.41) is 2.49. The zero-order valence-electron chi connectivity index (χ0n) is 16.3. The molecule has 0 spiro atoms. The zero-order valence-corrected chi connectivity index (χ0v) is 17.1. The highest BCUT2D eigenvalue weighted by atomic mass is 32.1. The highest BCUT2D eigenvalue weighted by Crippen LogP contribution is 2.38. The van der Waals surface area contributed by atoms with E-state index in [0.717, 1.165) is 31.1 Å². The zero-order chi connectivity index (χ0) is 20.7. The van der Waals surface area contributed by atoms with Gasteiger partial charge in [-0.05, 0) is 44.0 Å². The van der Waals surface area contributed by atoms with Gasteiger partial charge in [-0.1, -0.05) is 11.3 Å². The maximum absolute atomic E-state index is 14.4. The Bertz CT molecular complexity index is 1210. The summed E-state index contributed by atoms with van der Waals surface area (Å²) in [5.41, 5.74) is 2.61. The third-order valence-corrected chi connectivity index (χ3v) is 6.00. The molecule has 0 N–H and O–H groups in total. The molecular weight excluding hydrogens is 408 g/mol. The van der Waals surface area contributed by atoms with Crippen molar-refractivity contribution < 1.29 is 13.5 Å². The Balaban J connectivity index is 1.48. The first-order valence-electron chi connectivity index (χ1n) is 9.77. The Kier molecular flexibility index (Phi) is 4.82. The quantitative estimate of drug-likeness (QED) is 0.454. The lowest BCUT2D eigenvalue weighted by atomic mass is 10.0. The predicted octanol–water partition coefficient (Wildman–Crippen LogP) is 4.90. The highest BCUT2D eigenvalue weighted by Gasteiger charge is 2.29. The topological polar surface area (TPSA) is 56.1 Å². The molecule has 0 radical (unpaired) electrons. The number of imidazole rings is 1. The van der Waals surface area contributed by atoms with Crippen LogP contribution in [-0.2, 0) is 0 Å². The number of hydrogen-bond acceptors (Lipinski definition) is 6. The number of pyridine rings is 1. The molecule has 1 fully saturated rings. The van der Waals surface area contributed by atoms with Crippen molar-refractivity contribution >= 4 is 28.2 Å². The first-order valence-corrected chi connectivity index (χ1v) is 10.7. The summed E-state index contributed by atoms with van der Waals surface area (Å²) in [7, 11) is 0. The van der Waals surface area contributed by atoms with E-state index in [1.807, 2.05) is 22.9 Å². The number of halogens is 2. The second-order valence-corrected chi connectivity index (χ2v) is 7.89. The standard InChI is InChI=1S/C21H19F2N5OS/c1-2-29-21-26-19(11-30-21)28-12-25-17-9-14(10-24-20(17)28)27-7-3-4-18(27)15-8-13(22)5-6-16(15)23/h5-6,8-12,18H,2-4,7H2,1H3. The van der Waals surface area contributed by atoms with Crippen LogP contribution in [0.2, 0.25) is 0 Å². The van der Waals surface area contributed by atoms with Gasteiger partial charge in [0, 0.05) is 17.5 Å². The van der Waals surface area contributed by atoms with Crippen LogP contribution in [0.15, 0.2) is 42.2 Å². The van der Waals surface area contributed by atoms with E-state index in [0.29, 0.717) is 34.3 Å². The highest BCUT2D eigenvalue weighted by molar-refractivity contribution is 7.11. The van der Waals surface area contributed by atoms with Crippen molar-refractivity contribution in [1.82, 2.24) is 19.5 Å². The van der Waals surface area contributed by atoms with E-state index in [4.69, 9.17) is 4.74 Å². The van der Waals surface area contributed by atoms with E-state index in [2.05, 4.69) is 19.9 Å². The first-order chi connectivity index (χ1) is 14.6. The van der Waals surface area contributed by atoms with Crippen molar-refractivity contribution in [3.8, 4) is 11.0 Å². The van der Waals surface area contributed by atoms with Gasteiger partial charge in [-0.25, -0.2) is 18.7 Å². The van der Waals surface area contributed by atoms with Crippen LogP contribution < -0.4 is 9.64 Å². The number of aromatic nitrogens is 4. The molecule has 1 atom stereocenters. The summed E-state index contributed by atoms with van der Waals surface area (Å²) in [5.74, 6) is -0.118. The van der Waals surface area contributed by atoms with Crippen LogP contribution in [0.3, 0.4) is 0 Å². The minimum Gasteiger partial charge on any atom is -0.470 e. The SMILES string of the molecule is CCOc1nc(-n2cnc3cc(N4CCCC4c4cc(F)ccc4F)cnc32)cs1. The normalized spacial score (nSPS) is 16.5. The van der Waals surface area contributed by atoms with Gasteiger partial charge >= 0.3 is 0 Å². The third kappa shape index (κ3) is 3.28. The molecule has 0 aliphatic carbocycles. The molecule has 9 heteroatoms. The van der Waals surface area contributed by atoms with Crippen molar-refractivity contribution in [3.63, 3.8) is 0 Å². The molecule has 3 aromatic heterocycles. The van der Waals surface area contributed by atoms with Crippen molar-refractivity contribution in [2.24, 2.45) is 0 Å². The van der Waals surface area contributed by atoms with E-state index < -0.39 is 5.82 Å². The number of rotatable bonds is 5. The van der Waals surface area contributed by atoms with E-state index >= 15 is 0 Å². The summed E-state index contributed by atoms with van der Waals surface area (Å²) in [6.45, 7) is 3.22. The molecule has 154 valence electrons. The molecule has 1 aromatic carbocycles. The van der Waals surface area contributed by atoms with Gasteiger partial charge in [0.15, 0.2) is 11.5 Å². The minimum absolute atomic E-state index is 0.227. The monoisotopic (exact) mass is 427 g/mol. The van der Waals surface area contributed by atoms with Gasteiger partial charge < -0.3 is 9.64 Å². The maximum Gasteiger partial charge on any atom is 0.275 e. The number of ether oxygens (including phenoxy) is 1. The molecule has 1 saturated heterocycles. The van der Waals surface area contributed by atoms with E-state index in [1.165, 1.54) is 23.5 Å². The number of hydrogen-bond donors (Lipinski definition) is 0. The van der Waals surface area contributed by atoms with Crippen molar-refractivity contribution in [3.05, 3.63) is 59.4 Å². The predicted molar refractivity (Wildman–Crippen MR) is 111 cm³/mol. The molecular formula is C21H19F2N5OS.